The second-order valence-electron chi connectivity index (χ2n) is 7.88. The van der Waals surface area contributed by atoms with Gasteiger partial charge in [0.15, 0.2) is 5.82 Å². The Morgan fingerprint density at radius 2 is 2.00 bits per heavy atom. The second-order valence-corrected chi connectivity index (χ2v) is 10.9. The molecule has 0 spiro atoms. The highest BCUT2D eigenvalue weighted by Gasteiger charge is 2.28. The first-order chi connectivity index (χ1) is 16.0. The summed E-state index contributed by atoms with van der Waals surface area (Å²) in [5.74, 6) is 0.515. The van der Waals surface area contributed by atoms with E-state index >= 15 is 0 Å². The van der Waals surface area contributed by atoms with Crippen LogP contribution in [0.3, 0.4) is 0 Å². The number of piperidine rings is 1. The van der Waals surface area contributed by atoms with E-state index in [4.69, 9.17) is 0 Å². The first kappa shape index (κ1) is 21.9. The number of nitrogens with zero attached hydrogens (tertiary/aromatic N) is 4. The Kier molecular flexibility index (Phi) is 6.09. The third kappa shape index (κ3) is 4.61. The molecule has 33 heavy (non-hydrogen) atoms. The first-order valence-electron chi connectivity index (χ1n) is 10.6. The predicted molar refractivity (Wildman–Crippen MR) is 131 cm³/mol. The fourth-order valence-corrected chi connectivity index (χ4v) is 6.46. The molecule has 4 aromatic heterocycles. The van der Waals surface area contributed by atoms with Gasteiger partial charge < -0.3 is 10.2 Å². The molecule has 170 valence electrons. The van der Waals surface area contributed by atoms with Crippen LogP contribution in [0.2, 0.25) is 0 Å². The van der Waals surface area contributed by atoms with E-state index in [-0.39, 0.29) is 17.7 Å². The molecular weight excluding hydrogens is 476 g/mol. The van der Waals surface area contributed by atoms with Crippen molar-refractivity contribution < 1.29 is 9.59 Å². The third-order valence-corrected chi connectivity index (χ3v) is 8.56. The Balaban J connectivity index is 1.18. The van der Waals surface area contributed by atoms with Gasteiger partial charge in [-0.25, -0.2) is 9.97 Å². The summed E-state index contributed by atoms with van der Waals surface area (Å²) in [6, 6.07) is 5.78. The van der Waals surface area contributed by atoms with E-state index in [2.05, 4.69) is 25.5 Å². The van der Waals surface area contributed by atoms with Gasteiger partial charge in [0.2, 0.25) is 0 Å². The van der Waals surface area contributed by atoms with Crippen molar-refractivity contribution in [2.75, 3.05) is 18.4 Å². The van der Waals surface area contributed by atoms with Crippen LogP contribution in [0.25, 0.3) is 10.6 Å². The lowest BCUT2D eigenvalue weighted by molar-refractivity contribution is 0.0717. The zero-order valence-electron chi connectivity index (χ0n) is 18.1. The number of nitrogens with one attached hydrogen (secondary N) is 2. The molecule has 2 amide bonds. The minimum Gasteiger partial charge on any atom is -0.338 e. The molecule has 0 radical (unpaired) electrons. The van der Waals surface area contributed by atoms with Gasteiger partial charge in [0, 0.05) is 30.5 Å². The Hall–Kier alpha value is -2.89. The van der Waals surface area contributed by atoms with Crippen molar-refractivity contribution in [1.82, 2.24) is 25.1 Å². The van der Waals surface area contributed by atoms with E-state index in [1.54, 1.807) is 16.7 Å². The van der Waals surface area contributed by atoms with Crippen molar-refractivity contribution in [2.24, 2.45) is 0 Å². The molecule has 0 atom stereocenters. The number of thiazole rings is 2. The van der Waals surface area contributed by atoms with Gasteiger partial charge in [-0.15, -0.1) is 34.0 Å². The van der Waals surface area contributed by atoms with Crippen LogP contribution in [0.1, 0.15) is 54.6 Å². The molecule has 4 aromatic rings. The summed E-state index contributed by atoms with van der Waals surface area (Å²) in [6.45, 7) is 5.17. The number of carbonyl (C=O) groups is 2. The average Bonchev–Trinajstić information content (AvgIpc) is 3.60. The van der Waals surface area contributed by atoms with Gasteiger partial charge in [-0.3, -0.25) is 14.7 Å². The molecule has 5 heterocycles. The lowest BCUT2D eigenvalue weighted by Crippen LogP contribution is -2.37. The molecule has 0 bridgehead atoms. The molecule has 1 fully saturated rings. The normalized spacial score (nSPS) is 14.5. The largest absolute Gasteiger partial charge is 0.338 e. The summed E-state index contributed by atoms with van der Waals surface area (Å²) >= 11 is 4.56. The van der Waals surface area contributed by atoms with Gasteiger partial charge in [-0.05, 0) is 38.1 Å². The fourth-order valence-electron chi connectivity index (χ4n) is 3.91. The van der Waals surface area contributed by atoms with Crippen molar-refractivity contribution in [1.29, 1.82) is 0 Å². The molecule has 11 heteroatoms. The van der Waals surface area contributed by atoms with Gasteiger partial charge in [-0.1, -0.05) is 6.07 Å². The van der Waals surface area contributed by atoms with Gasteiger partial charge >= 0.3 is 0 Å². The Bertz CT molecular complexity index is 1280. The minimum atomic E-state index is -0.273. The number of amides is 2. The predicted octanol–water partition coefficient (Wildman–Crippen LogP) is 4.94. The second kappa shape index (κ2) is 9.16. The maximum atomic E-state index is 12.8. The van der Waals surface area contributed by atoms with Gasteiger partial charge in [0.05, 0.1) is 26.3 Å². The Labute approximate surface area is 202 Å². The maximum absolute atomic E-state index is 12.8. The summed E-state index contributed by atoms with van der Waals surface area (Å²) in [5.41, 5.74) is 2.06. The van der Waals surface area contributed by atoms with Gasteiger partial charge in [0.25, 0.3) is 11.8 Å². The lowest BCUT2D eigenvalue weighted by Gasteiger charge is -2.30. The van der Waals surface area contributed by atoms with E-state index in [0.29, 0.717) is 24.6 Å². The van der Waals surface area contributed by atoms with Crippen molar-refractivity contribution >= 4 is 51.6 Å². The van der Waals surface area contributed by atoms with Gasteiger partial charge in [-0.2, -0.15) is 5.10 Å². The number of H-pyrrole nitrogens is 1. The molecule has 1 aliphatic heterocycles. The first-order valence-corrected chi connectivity index (χ1v) is 13.1. The molecule has 0 saturated carbocycles. The summed E-state index contributed by atoms with van der Waals surface area (Å²) in [4.78, 5) is 38.2. The average molecular weight is 499 g/mol. The standard InChI is InChI=1S/C22H22N6O2S3/c1-12-19(33-13(2)23-12)22(30)28-7-5-14(6-8-28)21-24-16(11-32-21)20(29)25-18-10-15(26-27-18)17-4-3-9-31-17/h3-4,9-11,14H,5-8H2,1-2H3,(H2,25,26,27,29). The third-order valence-electron chi connectivity index (χ3n) is 5.59. The Morgan fingerprint density at radius 1 is 1.18 bits per heavy atom. The highest BCUT2D eigenvalue weighted by Crippen LogP contribution is 2.32. The van der Waals surface area contributed by atoms with Gasteiger partial charge in [0.1, 0.15) is 10.6 Å². The summed E-state index contributed by atoms with van der Waals surface area (Å²) in [7, 11) is 0. The molecule has 1 aliphatic rings. The number of anilines is 1. The highest BCUT2D eigenvalue weighted by atomic mass is 32.1. The number of aromatic amines is 1. The molecule has 2 N–H and O–H groups in total. The molecular formula is C22H22N6O2S3. The summed E-state index contributed by atoms with van der Waals surface area (Å²) in [5, 5.41) is 15.6. The zero-order valence-corrected chi connectivity index (χ0v) is 20.6. The van der Waals surface area contributed by atoms with E-state index in [1.807, 2.05) is 42.3 Å². The monoisotopic (exact) mass is 498 g/mol. The molecule has 5 rings (SSSR count). The van der Waals surface area contributed by atoms with Crippen LogP contribution in [0.5, 0.6) is 0 Å². The maximum Gasteiger partial charge on any atom is 0.276 e. The van der Waals surface area contributed by atoms with Crippen molar-refractivity contribution in [3.8, 4) is 10.6 Å². The van der Waals surface area contributed by atoms with Crippen LogP contribution in [-0.4, -0.2) is 50.0 Å². The molecule has 0 aliphatic carbocycles. The number of hydrogen-bond donors (Lipinski definition) is 2. The fraction of sp³-hybridized carbons (Fsp3) is 0.318. The quantitative estimate of drug-likeness (QED) is 0.406. The Morgan fingerprint density at radius 3 is 2.70 bits per heavy atom. The van der Waals surface area contributed by atoms with Crippen LogP contribution in [0, 0.1) is 13.8 Å². The van der Waals surface area contributed by atoms with E-state index in [0.717, 1.165) is 44.0 Å². The zero-order chi connectivity index (χ0) is 22.9. The number of carbonyl (C=O) groups excluding carboxylic acids is 2. The summed E-state index contributed by atoms with van der Waals surface area (Å²) in [6.07, 6.45) is 1.67. The van der Waals surface area contributed by atoms with E-state index in [9.17, 15) is 9.59 Å². The minimum absolute atomic E-state index is 0.0664. The van der Waals surface area contributed by atoms with E-state index < -0.39 is 0 Å². The highest BCUT2D eigenvalue weighted by molar-refractivity contribution is 7.14. The molecule has 1 saturated heterocycles. The summed E-state index contributed by atoms with van der Waals surface area (Å²) < 4.78 is 0. The SMILES string of the molecule is Cc1nc(C)c(C(=O)N2CCC(c3nc(C(=O)Nc4cc(-c5cccs5)[nH]n4)cs3)CC2)s1. The molecule has 8 nitrogen and oxygen atoms in total. The van der Waals surface area contributed by atoms with Crippen molar-refractivity contribution in [3.63, 3.8) is 0 Å². The smallest absolute Gasteiger partial charge is 0.276 e. The number of hydrogen-bond acceptors (Lipinski definition) is 8. The number of thiophene rings is 1. The molecule has 0 unspecified atom stereocenters. The van der Waals surface area contributed by atoms with Crippen molar-refractivity contribution in [3.05, 3.63) is 55.2 Å². The lowest BCUT2D eigenvalue weighted by atomic mass is 9.97. The number of rotatable bonds is 5. The van der Waals surface area contributed by atoms with E-state index in [1.165, 1.54) is 22.7 Å². The number of likely N-dealkylation sites (tertiary alicyclic amines) is 1. The number of aromatic nitrogens is 4. The van der Waals surface area contributed by atoms with Crippen LogP contribution < -0.4 is 5.32 Å². The molecule has 0 aromatic carbocycles. The number of aryl methyl sites for hydroxylation is 2. The van der Waals surface area contributed by atoms with Crippen LogP contribution >= 0.6 is 34.0 Å². The topological polar surface area (TPSA) is 104 Å². The van der Waals surface area contributed by atoms with Crippen LogP contribution in [-0.2, 0) is 0 Å². The van der Waals surface area contributed by atoms with Crippen LogP contribution in [0.15, 0.2) is 29.0 Å². The van der Waals surface area contributed by atoms with Crippen molar-refractivity contribution in [2.45, 2.75) is 32.6 Å². The van der Waals surface area contributed by atoms with Crippen LogP contribution in [0.4, 0.5) is 5.82 Å².